The zero-order valence-electron chi connectivity index (χ0n) is 13.9. The molecule has 1 aromatic carbocycles. The molecule has 0 N–H and O–H groups in total. The summed E-state index contributed by atoms with van der Waals surface area (Å²) in [6, 6.07) is 13.9. The van der Waals surface area contributed by atoms with Crippen molar-refractivity contribution in [2.24, 2.45) is 7.05 Å². The van der Waals surface area contributed by atoms with Crippen LogP contribution in [0.1, 0.15) is 27.2 Å². The summed E-state index contributed by atoms with van der Waals surface area (Å²) in [4.78, 5) is 19.1. The van der Waals surface area contributed by atoms with Gasteiger partial charge in [0.1, 0.15) is 0 Å². The van der Waals surface area contributed by atoms with E-state index in [0.29, 0.717) is 18.7 Å². The number of rotatable bonds is 5. The minimum atomic E-state index is -0.0444. The van der Waals surface area contributed by atoms with Crippen molar-refractivity contribution in [3.05, 3.63) is 83.4 Å². The van der Waals surface area contributed by atoms with Crippen LogP contribution in [-0.4, -0.2) is 25.6 Å². The smallest absolute Gasteiger partial charge is 0.257 e. The number of benzene rings is 1. The van der Waals surface area contributed by atoms with Gasteiger partial charge in [0.2, 0.25) is 0 Å². The lowest BCUT2D eigenvalue weighted by atomic mass is 10.1. The third-order valence-corrected chi connectivity index (χ3v) is 3.94. The summed E-state index contributed by atoms with van der Waals surface area (Å²) < 4.78 is 1.64. The normalized spacial score (nSPS) is 10.6. The number of amides is 1. The number of nitrogens with zero attached hydrogens (tertiary/aromatic N) is 4. The summed E-state index contributed by atoms with van der Waals surface area (Å²) in [6.07, 6.45) is 5.09. The summed E-state index contributed by atoms with van der Waals surface area (Å²) in [7, 11) is 1.81. The highest BCUT2D eigenvalue weighted by molar-refractivity contribution is 5.93. The predicted octanol–water partition coefficient (Wildman–Crippen LogP) is 2.97. The van der Waals surface area contributed by atoms with Crippen LogP contribution >= 0.6 is 0 Å². The minimum absolute atomic E-state index is 0.0444. The second kappa shape index (κ2) is 7.08. The van der Waals surface area contributed by atoms with Crippen LogP contribution in [0.15, 0.2) is 61.1 Å². The zero-order chi connectivity index (χ0) is 16.9. The van der Waals surface area contributed by atoms with Crippen molar-refractivity contribution in [1.29, 1.82) is 0 Å². The van der Waals surface area contributed by atoms with Crippen molar-refractivity contribution in [3.63, 3.8) is 0 Å². The fourth-order valence-corrected chi connectivity index (χ4v) is 2.59. The van der Waals surface area contributed by atoms with E-state index >= 15 is 0 Å². The number of aryl methyl sites for hydroxylation is 2. The minimum Gasteiger partial charge on any atom is -0.328 e. The molecule has 0 atom stereocenters. The van der Waals surface area contributed by atoms with Crippen molar-refractivity contribution in [3.8, 4) is 0 Å². The first kappa shape index (κ1) is 15.9. The van der Waals surface area contributed by atoms with Gasteiger partial charge in [0.15, 0.2) is 0 Å². The fraction of sp³-hybridized carbons (Fsp3) is 0.211. The van der Waals surface area contributed by atoms with Gasteiger partial charge in [-0.3, -0.25) is 14.5 Å². The summed E-state index contributed by atoms with van der Waals surface area (Å²) in [5, 5.41) is 4.11. The molecule has 0 spiro atoms. The third kappa shape index (κ3) is 3.68. The molecule has 0 aliphatic carbocycles. The number of pyridine rings is 1. The first-order valence-corrected chi connectivity index (χ1v) is 7.86. The quantitative estimate of drug-likeness (QED) is 0.726. The first-order valence-electron chi connectivity index (χ1n) is 7.86. The SMILES string of the molecule is Cc1ccccc1CN(Cc1ccccn1)C(=O)c1cnn(C)c1. The molecule has 0 saturated heterocycles. The molecule has 3 rings (SSSR count). The molecule has 0 saturated carbocycles. The van der Waals surface area contributed by atoms with E-state index in [0.717, 1.165) is 11.3 Å². The number of hydrogen-bond acceptors (Lipinski definition) is 3. The molecule has 1 amide bonds. The van der Waals surface area contributed by atoms with Crippen molar-refractivity contribution < 1.29 is 4.79 Å². The number of aromatic nitrogens is 3. The Labute approximate surface area is 141 Å². The fourth-order valence-electron chi connectivity index (χ4n) is 2.59. The topological polar surface area (TPSA) is 51.0 Å². The van der Waals surface area contributed by atoms with E-state index in [1.807, 2.05) is 35.2 Å². The molecule has 0 radical (unpaired) electrons. The number of carbonyl (C=O) groups is 1. The van der Waals surface area contributed by atoms with Crippen molar-refractivity contribution in [2.75, 3.05) is 0 Å². The number of carbonyl (C=O) groups excluding carboxylic acids is 1. The molecule has 0 bridgehead atoms. The number of hydrogen-bond donors (Lipinski definition) is 0. The van der Waals surface area contributed by atoms with Crippen LogP contribution in [0.25, 0.3) is 0 Å². The molecule has 0 aliphatic heterocycles. The lowest BCUT2D eigenvalue weighted by Gasteiger charge is -2.23. The highest BCUT2D eigenvalue weighted by Crippen LogP contribution is 2.15. The van der Waals surface area contributed by atoms with E-state index in [4.69, 9.17) is 0 Å². The van der Waals surface area contributed by atoms with E-state index < -0.39 is 0 Å². The van der Waals surface area contributed by atoms with E-state index in [2.05, 4.69) is 29.1 Å². The van der Waals surface area contributed by atoms with Gasteiger partial charge in [-0.25, -0.2) is 0 Å². The van der Waals surface area contributed by atoms with Crippen molar-refractivity contribution in [2.45, 2.75) is 20.0 Å². The molecule has 2 aromatic heterocycles. The van der Waals surface area contributed by atoms with Crippen LogP contribution in [-0.2, 0) is 20.1 Å². The van der Waals surface area contributed by atoms with Gasteiger partial charge in [-0.15, -0.1) is 0 Å². The van der Waals surface area contributed by atoms with Gasteiger partial charge < -0.3 is 4.90 Å². The first-order chi connectivity index (χ1) is 11.6. The summed E-state index contributed by atoms with van der Waals surface area (Å²) in [6.45, 7) is 3.06. The maximum Gasteiger partial charge on any atom is 0.257 e. The van der Waals surface area contributed by atoms with Crippen molar-refractivity contribution >= 4 is 5.91 Å². The lowest BCUT2D eigenvalue weighted by Crippen LogP contribution is -2.30. The molecule has 5 heteroatoms. The summed E-state index contributed by atoms with van der Waals surface area (Å²) in [5.74, 6) is -0.0444. The van der Waals surface area contributed by atoms with Gasteiger partial charge in [0.05, 0.1) is 24.0 Å². The Bertz CT molecular complexity index is 826. The lowest BCUT2D eigenvalue weighted by molar-refractivity contribution is 0.0727. The van der Waals surface area contributed by atoms with Crippen LogP contribution in [0, 0.1) is 6.92 Å². The van der Waals surface area contributed by atoms with Crippen LogP contribution in [0.5, 0.6) is 0 Å². The van der Waals surface area contributed by atoms with Gasteiger partial charge in [-0.05, 0) is 30.2 Å². The second-order valence-electron chi connectivity index (χ2n) is 5.81. The average molecular weight is 320 g/mol. The molecule has 0 fully saturated rings. The van der Waals surface area contributed by atoms with Gasteiger partial charge in [-0.2, -0.15) is 5.10 Å². The van der Waals surface area contributed by atoms with E-state index in [1.54, 1.807) is 30.3 Å². The van der Waals surface area contributed by atoms with E-state index in [-0.39, 0.29) is 5.91 Å². The maximum atomic E-state index is 12.9. The van der Waals surface area contributed by atoms with Crippen molar-refractivity contribution in [1.82, 2.24) is 19.7 Å². The molecule has 24 heavy (non-hydrogen) atoms. The van der Waals surface area contributed by atoms with E-state index in [9.17, 15) is 4.79 Å². The Morgan fingerprint density at radius 2 is 1.92 bits per heavy atom. The Balaban J connectivity index is 1.88. The van der Waals surface area contributed by atoms with Gasteiger partial charge in [0.25, 0.3) is 5.91 Å². The molecular weight excluding hydrogens is 300 g/mol. The van der Waals surface area contributed by atoms with Crippen LogP contribution in [0.3, 0.4) is 0 Å². The van der Waals surface area contributed by atoms with Gasteiger partial charge >= 0.3 is 0 Å². The Morgan fingerprint density at radius 1 is 1.12 bits per heavy atom. The Kier molecular flexibility index (Phi) is 4.70. The third-order valence-electron chi connectivity index (χ3n) is 3.94. The monoisotopic (exact) mass is 320 g/mol. The largest absolute Gasteiger partial charge is 0.328 e. The highest BCUT2D eigenvalue weighted by Gasteiger charge is 2.19. The standard InChI is InChI=1S/C19H20N4O/c1-15-7-3-4-8-16(15)13-23(14-18-9-5-6-10-20-18)19(24)17-11-21-22(2)12-17/h3-12H,13-14H2,1-2H3. The van der Waals surface area contributed by atoms with E-state index in [1.165, 1.54) is 5.56 Å². The maximum absolute atomic E-state index is 12.9. The van der Waals surface area contributed by atoms with Crippen LogP contribution in [0.4, 0.5) is 0 Å². The Morgan fingerprint density at radius 3 is 2.58 bits per heavy atom. The summed E-state index contributed by atoms with van der Waals surface area (Å²) in [5.41, 5.74) is 3.75. The van der Waals surface area contributed by atoms with Gasteiger partial charge in [0, 0.05) is 26.0 Å². The molecule has 0 aliphatic rings. The average Bonchev–Trinajstić information content (AvgIpc) is 3.03. The predicted molar refractivity (Wildman–Crippen MR) is 92.2 cm³/mol. The molecule has 2 heterocycles. The van der Waals surface area contributed by atoms with Crippen LogP contribution < -0.4 is 0 Å². The summed E-state index contributed by atoms with van der Waals surface area (Å²) >= 11 is 0. The second-order valence-corrected chi connectivity index (χ2v) is 5.81. The molecule has 122 valence electrons. The van der Waals surface area contributed by atoms with Gasteiger partial charge in [-0.1, -0.05) is 30.3 Å². The van der Waals surface area contributed by atoms with Crippen LogP contribution in [0.2, 0.25) is 0 Å². The molecule has 0 unspecified atom stereocenters. The Hall–Kier alpha value is -2.95. The zero-order valence-corrected chi connectivity index (χ0v) is 13.9. The molecular formula is C19H20N4O. The molecule has 5 nitrogen and oxygen atoms in total. The molecule has 3 aromatic rings. The highest BCUT2D eigenvalue weighted by atomic mass is 16.2.